The molecule has 0 spiro atoms. The van der Waals surface area contributed by atoms with Gasteiger partial charge in [-0.3, -0.25) is 0 Å². The third kappa shape index (κ3) is 5.64. The van der Waals surface area contributed by atoms with Gasteiger partial charge in [0.15, 0.2) is 17.0 Å². The molecule has 2 aromatic carbocycles. The number of hydrogen-bond donors (Lipinski definition) is 5. The van der Waals surface area contributed by atoms with E-state index in [1.807, 2.05) is 35.8 Å². The van der Waals surface area contributed by atoms with Crippen LogP contribution < -0.4 is 10.6 Å². The molecular formula is C27H34N6O3. The van der Waals surface area contributed by atoms with Crippen molar-refractivity contribution in [2.75, 3.05) is 23.8 Å². The monoisotopic (exact) mass is 490 g/mol. The highest BCUT2D eigenvalue weighted by atomic mass is 16.3. The maximum Gasteiger partial charge on any atom is 0.227 e. The van der Waals surface area contributed by atoms with E-state index in [9.17, 15) is 10.2 Å². The summed E-state index contributed by atoms with van der Waals surface area (Å²) in [5.41, 5.74) is 5.31. The molecule has 9 heteroatoms. The number of aliphatic hydroxyl groups is 3. The Morgan fingerprint density at radius 3 is 2.17 bits per heavy atom. The Morgan fingerprint density at radius 2 is 1.58 bits per heavy atom. The molecule has 0 fully saturated rings. The molecular weight excluding hydrogens is 456 g/mol. The summed E-state index contributed by atoms with van der Waals surface area (Å²) in [6, 6.07) is 15.8. The van der Waals surface area contributed by atoms with Crippen LogP contribution >= 0.6 is 0 Å². The average molecular weight is 491 g/mol. The molecule has 2 atom stereocenters. The van der Waals surface area contributed by atoms with Crippen molar-refractivity contribution in [1.82, 2.24) is 19.5 Å². The molecule has 0 radical (unpaired) electrons. The SMILES string of the molecule is CCC(CO)Nc1nc(NCc2ccc(-c3ccc(C(O)CO)cc3)cc2)c2ncn(C(C)C)c2n1. The van der Waals surface area contributed by atoms with Crippen molar-refractivity contribution >= 4 is 22.9 Å². The summed E-state index contributed by atoms with van der Waals surface area (Å²) in [6.45, 7) is 6.42. The molecule has 36 heavy (non-hydrogen) atoms. The molecule has 0 aliphatic heterocycles. The van der Waals surface area contributed by atoms with Crippen molar-refractivity contribution in [2.45, 2.75) is 51.9 Å². The highest BCUT2D eigenvalue weighted by Gasteiger charge is 2.16. The molecule has 190 valence electrons. The van der Waals surface area contributed by atoms with Crippen LogP contribution in [0.1, 0.15) is 50.5 Å². The standard InChI is InChI=1S/C27H34N6O3/c1-4-22(14-34)30-27-31-25(24-26(32-27)33(16-29-24)17(2)3)28-13-18-5-7-19(8-6-18)20-9-11-21(12-10-20)23(36)15-35/h5-12,16-17,22-23,34-36H,4,13-15H2,1-3H3,(H2,28,30,31,32). The Hall–Kier alpha value is -3.53. The van der Waals surface area contributed by atoms with Gasteiger partial charge in [0, 0.05) is 12.6 Å². The minimum atomic E-state index is -0.861. The number of nitrogens with zero attached hydrogens (tertiary/aromatic N) is 4. The van der Waals surface area contributed by atoms with Crippen molar-refractivity contribution < 1.29 is 15.3 Å². The van der Waals surface area contributed by atoms with E-state index in [0.717, 1.165) is 28.8 Å². The van der Waals surface area contributed by atoms with Gasteiger partial charge in [0.05, 0.1) is 25.6 Å². The lowest BCUT2D eigenvalue weighted by Crippen LogP contribution is -2.24. The first-order valence-electron chi connectivity index (χ1n) is 12.3. The lowest BCUT2D eigenvalue weighted by molar-refractivity contribution is 0.0956. The second-order valence-electron chi connectivity index (χ2n) is 9.12. The van der Waals surface area contributed by atoms with E-state index in [2.05, 4.69) is 63.7 Å². The molecule has 4 aromatic rings. The lowest BCUT2D eigenvalue weighted by atomic mass is 10.0. The highest BCUT2D eigenvalue weighted by molar-refractivity contribution is 5.84. The largest absolute Gasteiger partial charge is 0.394 e. The van der Waals surface area contributed by atoms with Crippen molar-refractivity contribution in [3.63, 3.8) is 0 Å². The van der Waals surface area contributed by atoms with Crippen LogP contribution in [0.3, 0.4) is 0 Å². The second-order valence-corrected chi connectivity index (χ2v) is 9.12. The summed E-state index contributed by atoms with van der Waals surface area (Å²) in [4.78, 5) is 13.9. The topological polar surface area (TPSA) is 128 Å². The smallest absolute Gasteiger partial charge is 0.227 e. The van der Waals surface area contributed by atoms with Crippen molar-refractivity contribution in [3.8, 4) is 11.1 Å². The minimum Gasteiger partial charge on any atom is -0.394 e. The van der Waals surface area contributed by atoms with Gasteiger partial charge in [0.25, 0.3) is 0 Å². The van der Waals surface area contributed by atoms with Crippen LogP contribution in [0.4, 0.5) is 11.8 Å². The van der Waals surface area contributed by atoms with Crippen LogP contribution in [0.5, 0.6) is 0 Å². The number of hydrogen-bond acceptors (Lipinski definition) is 8. The van der Waals surface area contributed by atoms with Gasteiger partial charge in [-0.15, -0.1) is 0 Å². The molecule has 2 unspecified atom stereocenters. The van der Waals surface area contributed by atoms with Gasteiger partial charge in [-0.2, -0.15) is 9.97 Å². The van der Waals surface area contributed by atoms with Crippen LogP contribution in [-0.2, 0) is 6.54 Å². The predicted octanol–water partition coefficient (Wildman–Crippen LogP) is 3.89. The van der Waals surface area contributed by atoms with E-state index in [0.29, 0.717) is 29.4 Å². The summed E-state index contributed by atoms with van der Waals surface area (Å²) >= 11 is 0. The number of imidazole rings is 1. The van der Waals surface area contributed by atoms with Crippen LogP contribution in [0.25, 0.3) is 22.3 Å². The summed E-state index contributed by atoms with van der Waals surface area (Å²) in [5, 5.41) is 35.1. The number of rotatable bonds is 11. The molecule has 0 saturated carbocycles. The minimum absolute atomic E-state index is 0.00118. The van der Waals surface area contributed by atoms with Gasteiger partial charge in [-0.1, -0.05) is 55.5 Å². The van der Waals surface area contributed by atoms with Crippen molar-refractivity contribution in [2.24, 2.45) is 0 Å². The molecule has 0 bridgehead atoms. The number of fused-ring (bicyclic) bond motifs is 1. The molecule has 5 N–H and O–H groups in total. The fourth-order valence-electron chi connectivity index (χ4n) is 3.95. The first-order chi connectivity index (χ1) is 17.4. The van der Waals surface area contributed by atoms with Gasteiger partial charge in [-0.25, -0.2) is 4.98 Å². The zero-order chi connectivity index (χ0) is 25.7. The fraction of sp³-hybridized carbons (Fsp3) is 0.370. The quantitative estimate of drug-likeness (QED) is 0.214. The third-order valence-corrected chi connectivity index (χ3v) is 6.24. The molecule has 0 amide bonds. The predicted molar refractivity (Wildman–Crippen MR) is 142 cm³/mol. The third-order valence-electron chi connectivity index (χ3n) is 6.24. The molecule has 9 nitrogen and oxygen atoms in total. The van der Waals surface area contributed by atoms with Gasteiger partial charge in [0.2, 0.25) is 5.95 Å². The number of anilines is 2. The summed E-state index contributed by atoms with van der Waals surface area (Å²) < 4.78 is 2.01. The zero-order valence-electron chi connectivity index (χ0n) is 20.9. The molecule has 2 heterocycles. The normalized spacial score (nSPS) is 13.2. The highest BCUT2D eigenvalue weighted by Crippen LogP contribution is 2.26. The Morgan fingerprint density at radius 1 is 0.917 bits per heavy atom. The number of aliphatic hydroxyl groups excluding tert-OH is 3. The van der Waals surface area contributed by atoms with E-state index in [4.69, 9.17) is 5.11 Å². The first kappa shape index (κ1) is 25.6. The van der Waals surface area contributed by atoms with Gasteiger partial charge >= 0.3 is 0 Å². The average Bonchev–Trinajstić information content (AvgIpc) is 3.35. The Bertz CT molecular complexity index is 1270. The van der Waals surface area contributed by atoms with E-state index in [1.54, 1.807) is 6.33 Å². The fourth-order valence-corrected chi connectivity index (χ4v) is 3.95. The van der Waals surface area contributed by atoms with E-state index in [1.165, 1.54) is 0 Å². The van der Waals surface area contributed by atoms with Crippen LogP contribution in [0.15, 0.2) is 54.9 Å². The van der Waals surface area contributed by atoms with E-state index in [-0.39, 0.29) is 25.3 Å². The molecule has 4 rings (SSSR count). The summed E-state index contributed by atoms with van der Waals surface area (Å²) in [7, 11) is 0. The van der Waals surface area contributed by atoms with Crippen molar-refractivity contribution in [3.05, 3.63) is 66.0 Å². The Balaban J connectivity index is 1.53. The molecule has 2 aromatic heterocycles. The number of aromatic nitrogens is 4. The maximum absolute atomic E-state index is 9.77. The molecule has 0 aliphatic rings. The van der Waals surface area contributed by atoms with E-state index >= 15 is 0 Å². The zero-order valence-corrected chi connectivity index (χ0v) is 20.9. The van der Waals surface area contributed by atoms with Gasteiger partial charge < -0.3 is 30.5 Å². The summed E-state index contributed by atoms with van der Waals surface area (Å²) in [5.74, 6) is 1.09. The maximum atomic E-state index is 9.77. The van der Waals surface area contributed by atoms with E-state index < -0.39 is 6.10 Å². The lowest BCUT2D eigenvalue weighted by Gasteiger charge is -2.16. The number of benzene rings is 2. The number of nitrogens with one attached hydrogen (secondary N) is 2. The first-order valence-corrected chi connectivity index (χ1v) is 12.3. The van der Waals surface area contributed by atoms with Crippen LogP contribution in [0.2, 0.25) is 0 Å². The van der Waals surface area contributed by atoms with Crippen LogP contribution in [-0.4, -0.2) is 54.1 Å². The van der Waals surface area contributed by atoms with Crippen LogP contribution in [0, 0.1) is 0 Å². The molecule has 0 saturated heterocycles. The second kappa shape index (κ2) is 11.5. The van der Waals surface area contributed by atoms with Gasteiger partial charge in [-0.05, 0) is 42.5 Å². The molecule has 0 aliphatic carbocycles. The van der Waals surface area contributed by atoms with Gasteiger partial charge in [0.1, 0.15) is 6.10 Å². The Kier molecular flexibility index (Phi) is 8.14. The summed E-state index contributed by atoms with van der Waals surface area (Å²) in [6.07, 6.45) is 1.67. The van der Waals surface area contributed by atoms with Crippen molar-refractivity contribution in [1.29, 1.82) is 0 Å². The Labute approximate surface area is 210 Å².